The molecule has 2 aromatic carbocycles. The molecule has 8 heteroatoms. The van der Waals surface area contributed by atoms with Crippen LogP contribution in [0.5, 0.6) is 0 Å². The van der Waals surface area contributed by atoms with Gasteiger partial charge in [0.05, 0.1) is 22.8 Å². The molecule has 0 spiro atoms. The zero-order valence-electron chi connectivity index (χ0n) is 17.7. The number of para-hydroxylation sites is 1. The fourth-order valence-electron chi connectivity index (χ4n) is 3.50. The first-order chi connectivity index (χ1) is 15.3. The maximum atomic E-state index is 12.7. The highest BCUT2D eigenvalue weighted by Gasteiger charge is 2.21. The second-order valence-electron chi connectivity index (χ2n) is 7.47. The van der Waals surface area contributed by atoms with Crippen LogP contribution in [0.25, 0.3) is 5.69 Å². The van der Waals surface area contributed by atoms with Gasteiger partial charge in [0.15, 0.2) is 15.6 Å². The number of nitrogens with zero attached hydrogens (tertiary/aromatic N) is 2. The standard InChI is InChI=1S/C24H23N3O4S/c1-17(22-15-25-27(18(22)2)19-9-5-3-6-10-19)26-24(28)23-14-13-20(31-23)16-32(29,30)21-11-7-4-8-12-21/h3-15,17H,16H2,1-2H3,(H,26,28). The Hall–Kier alpha value is -3.65. The van der Waals surface area contributed by atoms with Gasteiger partial charge in [-0.1, -0.05) is 36.4 Å². The van der Waals surface area contributed by atoms with Crippen LogP contribution in [0.1, 0.15) is 40.5 Å². The van der Waals surface area contributed by atoms with Crippen LogP contribution in [0.4, 0.5) is 0 Å². The Morgan fingerprint density at radius 2 is 1.69 bits per heavy atom. The van der Waals surface area contributed by atoms with E-state index in [4.69, 9.17) is 4.42 Å². The third kappa shape index (κ3) is 4.50. The minimum absolute atomic E-state index is 0.0585. The summed E-state index contributed by atoms with van der Waals surface area (Å²) < 4.78 is 32.4. The number of sulfone groups is 1. The van der Waals surface area contributed by atoms with Crippen molar-refractivity contribution in [3.63, 3.8) is 0 Å². The predicted octanol–water partition coefficient (Wildman–Crippen LogP) is 4.24. The van der Waals surface area contributed by atoms with E-state index in [-0.39, 0.29) is 28.2 Å². The molecule has 4 aromatic rings. The van der Waals surface area contributed by atoms with Gasteiger partial charge in [0.1, 0.15) is 11.5 Å². The minimum Gasteiger partial charge on any atom is -0.455 e. The van der Waals surface area contributed by atoms with Crippen LogP contribution in [0.15, 0.2) is 88.3 Å². The van der Waals surface area contributed by atoms with Crippen LogP contribution >= 0.6 is 0 Å². The van der Waals surface area contributed by atoms with E-state index in [0.29, 0.717) is 0 Å². The van der Waals surface area contributed by atoms with Crippen molar-refractivity contribution in [2.45, 2.75) is 30.5 Å². The minimum atomic E-state index is -3.56. The van der Waals surface area contributed by atoms with Gasteiger partial charge in [-0.05, 0) is 50.2 Å². The first-order valence-electron chi connectivity index (χ1n) is 10.1. The Labute approximate surface area is 186 Å². The fraction of sp³-hybridized carbons (Fsp3) is 0.167. The predicted molar refractivity (Wildman–Crippen MR) is 120 cm³/mol. The summed E-state index contributed by atoms with van der Waals surface area (Å²) in [7, 11) is -3.56. The molecule has 2 heterocycles. The third-order valence-corrected chi connectivity index (χ3v) is 6.84. The van der Waals surface area contributed by atoms with Gasteiger partial charge in [0.2, 0.25) is 0 Å². The molecular formula is C24H23N3O4S. The van der Waals surface area contributed by atoms with Crippen molar-refractivity contribution in [1.82, 2.24) is 15.1 Å². The van der Waals surface area contributed by atoms with Crippen molar-refractivity contribution in [3.8, 4) is 5.69 Å². The second-order valence-corrected chi connectivity index (χ2v) is 9.46. The molecule has 0 saturated carbocycles. The molecule has 1 amide bonds. The van der Waals surface area contributed by atoms with Crippen molar-refractivity contribution in [2.75, 3.05) is 0 Å². The molecule has 1 N–H and O–H groups in total. The monoisotopic (exact) mass is 449 g/mol. The summed E-state index contributed by atoms with van der Waals surface area (Å²) in [4.78, 5) is 12.9. The number of carbonyl (C=O) groups excluding carboxylic acids is 1. The highest BCUT2D eigenvalue weighted by atomic mass is 32.2. The van der Waals surface area contributed by atoms with E-state index >= 15 is 0 Å². The molecule has 0 radical (unpaired) electrons. The van der Waals surface area contributed by atoms with E-state index in [9.17, 15) is 13.2 Å². The van der Waals surface area contributed by atoms with Crippen LogP contribution in [0.3, 0.4) is 0 Å². The fourth-order valence-corrected chi connectivity index (χ4v) is 4.77. The number of benzene rings is 2. The SMILES string of the molecule is Cc1c(C(C)NC(=O)c2ccc(CS(=O)(=O)c3ccccc3)o2)cnn1-c1ccccc1. The average molecular weight is 450 g/mol. The first kappa shape index (κ1) is 21.6. The topological polar surface area (TPSA) is 94.2 Å². The molecule has 164 valence electrons. The highest BCUT2D eigenvalue weighted by molar-refractivity contribution is 7.90. The molecule has 7 nitrogen and oxygen atoms in total. The van der Waals surface area contributed by atoms with Crippen LogP contribution in [0.2, 0.25) is 0 Å². The largest absolute Gasteiger partial charge is 0.455 e. The lowest BCUT2D eigenvalue weighted by Crippen LogP contribution is -2.26. The number of furan rings is 1. The van der Waals surface area contributed by atoms with E-state index in [1.807, 2.05) is 48.9 Å². The van der Waals surface area contributed by atoms with Gasteiger partial charge >= 0.3 is 0 Å². The summed E-state index contributed by atoms with van der Waals surface area (Å²) >= 11 is 0. The van der Waals surface area contributed by atoms with Crippen molar-refractivity contribution in [3.05, 3.63) is 102 Å². The molecule has 1 atom stereocenters. The summed E-state index contributed by atoms with van der Waals surface area (Å²) in [5, 5.41) is 7.33. The van der Waals surface area contributed by atoms with Gasteiger partial charge in [-0.15, -0.1) is 0 Å². The number of hydrogen-bond donors (Lipinski definition) is 1. The Kier molecular flexibility index (Phi) is 5.96. The summed E-state index contributed by atoms with van der Waals surface area (Å²) in [5.74, 6) is -0.473. The van der Waals surface area contributed by atoms with Crippen molar-refractivity contribution >= 4 is 15.7 Å². The highest BCUT2D eigenvalue weighted by Crippen LogP contribution is 2.22. The molecule has 32 heavy (non-hydrogen) atoms. The van der Waals surface area contributed by atoms with Crippen molar-refractivity contribution in [2.24, 2.45) is 0 Å². The first-order valence-corrected chi connectivity index (χ1v) is 11.8. The number of rotatable bonds is 7. The quantitative estimate of drug-likeness (QED) is 0.455. The van der Waals surface area contributed by atoms with E-state index in [0.717, 1.165) is 16.9 Å². The van der Waals surface area contributed by atoms with Gasteiger partial charge in [0.25, 0.3) is 5.91 Å². The zero-order chi connectivity index (χ0) is 22.7. The lowest BCUT2D eigenvalue weighted by Gasteiger charge is -2.13. The van der Waals surface area contributed by atoms with Gasteiger partial charge in [0, 0.05) is 11.3 Å². The Morgan fingerprint density at radius 3 is 2.38 bits per heavy atom. The molecule has 4 rings (SSSR count). The van der Waals surface area contributed by atoms with Crippen LogP contribution < -0.4 is 5.32 Å². The van der Waals surface area contributed by atoms with Crippen molar-refractivity contribution in [1.29, 1.82) is 0 Å². The van der Waals surface area contributed by atoms with E-state index < -0.39 is 15.7 Å². The second kappa shape index (κ2) is 8.84. The number of aromatic nitrogens is 2. The molecule has 0 aliphatic rings. The van der Waals surface area contributed by atoms with Crippen LogP contribution in [-0.4, -0.2) is 24.1 Å². The van der Waals surface area contributed by atoms with Gasteiger partial charge in [-0.25, -0.2) is 13.1 Å². The van der Waals surface area contributed by atoms with E-state index in [2.05, 4.69) is 10.4 Å². The maximum Gasteiger partial charge on any atom is 0.287 e. The Bertz CT molecular complexity index is 1330. The molecule has 0 fully saturated rings. The van der Waals surface area contributed by atoms with E-state index in [1.54, 1.807) is 24.4 Å². The number of amides is 1. The molecule has 0 aliphatic heterocycles. The lowest BCUT2D eigenvalue weighted by molar-refractivity contribution is 0.0910. The summed E-state index contributed by atoms with van der Waals surface area (Å²) in [6.45, 7) is 3.80. The molecular weight excluding hydrogens is 426 g/mol. The zero-order valence-corrected chi connectivity index (χ0v) is 18.5. The molecule has 1 unspecified atom stereocenters. The third-order valence-electron chi connectivity index (χ3n) is 5.18. The number of carbonyl (C=O) groups is 1. The average Bonchev–Trinajstić information content (AvgIpc) is 3.41. The van der Waals surface area contributed by atoms with Gasteiger partial charge in [-0.3, -0.25) is 4.79 Å². The van der Waals surface area contributed by atoms with Gasteiger partial charge in [-0.2, -0.15) is 5.10 Å². The van der Waals surface area contributed by atoms with E-state index in [1.165, 1.54) is 24.3 Å². The van der Waals surface area contributed by atoms with Crippen molar-refractivity contribution < 1.29 is 17.6 Å². The number of nitrogens with one attached hydrogen (secondary N) is 1. The molecule has 2 aromatic heterocycles. The molecule has 0 saturated heterocycles. The van der Waals surface area contributed by atoms with Gasteiger partial charge < -0.3 is 9.73 Å². The summed E-state index contributed by atoms with van der Waals surface area (Å²) in [6, 6.07) is 20.6. The summed E-state index contributed by atoms with van der Waals surface area (Å²) in [5.41, 5.74) is 2.73. The maximum absolute atomic E-state index is 12.7. The number of hydrogen-bond acceptors (Lipinski definition) is 5. The smallest absolute Gasteiger partial charge is 0.287 e. The Morgan fingerprint density at radius 1 is 1.03 bits per heavy atom. The van der Waals surface area contributed by atoms with Crippen LogP contribution in [0, 0.1) is 6.92 Å². The Balaban J connectivity index is 1.45. The molecule has 0 bridgehead atoms. The normalized spacial score (nSPS) is 12.4. The summed E-state index contributed by atoms with van der Waals surface area (Å²) in [6.07, 6.45) is 1.73. The lowest BCUT2D eigenvalue weighted by atomic mass is 10.1. The molecule has 0 aliphatic carbocycles. The van der Waals surface area contributed by atoms with Crippen LogP contribution in [-0.2, 0) is 15.6 Å².